The van der Waals surface area contributed by atoms with Crippen molar-refractivity contribution in [2.24, 2.45) is 11.8 Å². The van der Waals surface area contributed by atoms with E-state index < -0.39 is 0 Å². The molecule has 2 saturated heterocycles. The Balaban J connectivity index is 1.10. The number of rotatable bonds is 9. The molecule has 1 aromatic heterocycles. The molecule has 0 radical (unpaired) electrons. The highest BCUT2D eigenvalue weighted by atomic mass is 35.5. The molecule has 36 heavy (non-hydrogen) atoms. The summed E-state index contributed by atoms with van der Waals surface area (Å²) in [7, 11) is 0. The molecular weight excluding hydrogens is 481 g/mol. The van der Waals surface area contributed by atoms with Crippen LogP contribution < -0.4 is 10.1 Å². The zero-order valence-electron chi connectivity index (χ0n) is 20.0. The van der Waals surface area contributed by atoms with E-state index in [1.54, 1.807) is 30.5 Å². The molecule has 0 spiro atoms. The van der Waals surface area contributed by atoms with Crippen LogP contribution in [0.4, 0.5) is 4.39 Å². The molecule has 5 rings (SSSR count). The van der Waals surface area contributed by atoms with Gasteiger partial charge in [0.25, 0.3) is 0 Å². The van der Waals surface area contributed by atoms with E-state index in [1.807, 2.05) is 24.3 Å². The van der Waals surface area contributed by atoms with Crippen molar-refractivity contribution in [2.45, 2.75) is 13.0 Å². The minimum Gasteiger partial charge on any atom is -0.492 e. The SMILES string of the molecule is O=C(Cc1ccc(-c2ccc(OCCN3C[C@H]4COC[C@H]4C3)cc2Cl)cn1)NCc1ccccc1F. The Morgan fingerprint density at radius 1 is 1.14 bits per heavy atom. The Morgan fingerprint density at radius 2 is 1.94 bits per heavy atom. The fraction of sp³-hybridized carbons (Fsp3) is 0.357. The Kier molecular flexibility index (Phi) is 7.80. The van der Waals surface area contributed by atoms with Gasteiger partial charge in [0.1, 0.15) is 18.2 Å². The van der Waals surface area contributed by atoms with E-state index in [9.17, 15) is 9.18 Å². The Labute approximate surface area is 215 Å². The molecule has 2 atom stereocenters. The number of carbonyl (C=O) groups is 1. The number of benzene rings is 2. The number of amides is 1. The average molecular weight is 510 g/mol. The van der Waals surface area contributed by atoms with Crippen molar-refractivity contribution in [1.29, 1.82) is 0 Å². The number of likely N-dealkylation sites (tertiary alicyclic amines) is 1. The van der Waals surface area contributed by atoms with Crippen LogP contribution in [0.5, 0.6) is 5.75 Å². The third-order valence-corrected chi connectivity index (χ3v) is 7.16. The van der Waals surface area contributed by atoms with Gasteiger partial charge in [-0.1, -0.05) is 35.9 Å². The van der Waals surface area contributed by atoms with E-state index in [1.165, 1.54) is 6.07 Å². The lowest BCUT2D eigenvalue weighted by Gasteiger charge is -2.17. The minimum absolute atomic E-state index is 0.112. The molecule has 0 unspecified atom stereocenters. The fourth-order valence-corrected chi connectivity index (χ4v) is 5.11. The van der Waals surface area contributed by atoms with Crippen LogP contribution in [0.1, 0.15) is 11.3 Å². The maximum Gasteiger partial charge on any atom is 0.226 e. The van der Waals surface area contributed by atoms with Gasteiger partial charge in [-0.2, -0.15) is 0 Å². The summed E-state index contributed by atoms with van der Waals surface area (Å²) in [5, 5.41) is 3.31. The van der Waals surface area contributed by atoms with E-state index in [0.717, 1.165) is 49.7 Å². The summed E-state index contributed by atoms with van der Waals surface area (Å²) in [6, 6.07) is 15.7. The lowest BCUT2D eigenvalue weighted by atomic mass is 10.0. The number of hydrogen-bond acceptors (Lipinski definition) is 5. The van der Waals surface area contributed by atoms with Gasteiger partial charge in [0.15, 0.2) is 0 Å². The van der Waals surface area contributed by atoms with E-state index in [0.29, 0.717) is 34.7 Å². The topological polar surface area (TPSA) is 63.7 Å². The standard InChI is InChI=1S/C28H29ClFN3O3/c29-26-12-24(36-10-9-33-15-21-17-35-18-22(21)16-33)7-8-25(26)19-5-6-23(31-13-19)11-28(34)32-14-20-3-1-2-4-27(20)30/h1-8,12-13,21-22H,9-11,14-18H2,(H,32,34)/t21-,22+. The number of fused-ring (bicyclic) bond motifs is 1. The summed E-state index contributed by atoms with van der Waals surface area (Å²) in [5.74, 6) is 1.53. The van der Waals surface area contributed by atoms with Crippen LogP contribution in [0.25, 0.3) is 11.1 Å². The molecule has 2 aliphatic rings. The number of carbonyl (C=O) groups excluding carboxylic acids is 1. The summed E-state index contributed by atoms with van der Waals surface area (Å²) in [6.07, 6.45) is 1.82. The largest absolute Gasteiger partial charge is 0.492 e. The predicted molar refractivity (Wildman–Crippen MR) is 136 cm³/mol. The van der Waals surface area contributed by atoms with E-state index in [-0.39, 0.29) is 24.7 Å². The summed E-state index contributed by atoms with van der Waals surface area (Å²) < 4.78 is 25.2. The smallest absolute Gasteiger partial charge is 0.226 e. The minimum atomic E-state index is -0.335. The highest BCUT2D eigenvalue weighted by Crippen LogP contribution is 2.31. The molecule has 3 aromatic rings. The number of nitrogens with one attached hydrogen (secondary N) is 1. The van der Waals surface area contributed by atoms with E-state index in [4.69, 9.17) is 21.1 Å². The second-order valence-corrected chi connectivity index (χ2v) is 9.80. The normalized spacial score (nSPS) is 19.3. The van der Waals surface area contributed by atoms with E-state index >= 15 is 0 Å². The Bertz CT molecular complexity index is 1190. The number of pyridine rings is 1. The zero-order chi connectivity index (χ0) is 24.9. The van der Waals surface area contributed by atoms with Gasteiger partial charge in [0.05, 0.1) is 24.7 Å². The molecule has 0 aliphatic carbocycles. The van der Waals surface area contributed by atoms with Crippen molar-refractivity contribution >= 4 is 17.5 Å². The first-order valence-corrected chi connectivity index (χ1v) is 12.6. The van der Waals surface area contributed by atoms with Gasteiger partial charge in [-0.25, -0.2) is 4.39 Å². The molecule has 6 nitrogen and oxygen atoms in total. The summed E-state index contributed by atoms with van der Waals surface area (Å²) in [4.78, 5) is 19.1. The van der Waals surface area contributed by atoms with Gasteiger partial charge in [0.2, 0.25) is 5.91 Å². The maximum atomic E-state index is 13.7. The molecule has 188 valence electrons. The monoisotopic (exact) mass is 509 g/mol. The molecule has 1 amide bonds. The first kappa shape index (κ1) is 24.7. The molecule has 1 N–H and O–H groups in total. The van der Waals surface area contributed by atoms with Gasteiger partial charge in [-0.3, -0.25) is 14.7 Å². The van der Waals surface area contributed by atoms with Crippen LogP contribution >= 0.6 is 11.6 Å². The number of aromatic nitrogens is 1. The van der Waals surface area contributed by atoms with Crippen molar-refractivity contribution < 1.29 is 18.7 Å². The lowest BCUT2D eigenvalue weighted by molar-refractivity contribution is -0.120. The second kappa shape index (κ2) is 11.4. The summed E-state index contributed by atoms with van der Waals surface area (Å²) in [5.41, 5.74) is 2.77. The third kappa shape index (κ3) is 6.03. The van der Waals surface area contributed by atoms with Gasteiger partial charge in [0, 0.05) is 66.6 Å². The molecule has 8 heteroatoms. The van der Waals surface area contributed by atoms with Gasteiger partial charge < -0.3 is 14.8 Å². The maximum absolute atomic E-state index is 13.7. The van der Waals surface area contributed by atoms with Crippen LogP contribution in [0.15, 0.2) is 60.8 Å². The van der Waals surface area contributed by atoms with Crippen LogP contribution in [0.2, 0.25) is 5.02 Å². The first-order valence-electron chi connectivity index (χ1n) is 12.2. The van der Waals surface area contributed by atoms with Crippen LogP contribution in [0, 0.1) is 17.7 Å². The fourth-order valence-electron chi connectivity index (χ4n) is 4.83. The van der Waals surface area contributed by atoms with Gasteiger partial charge in [-0.05, 0) is 30.3 Å². The zero-order valence-corrected chi connectivity index (χ0v) is 20.7. The van der Waals surface area contributed by atoms with Crippen molar-refractivity contribution in [3.05, 3.63) is 82.9 Å². The van der Waals surface area contributed by atoms with Crippen molar-refractivity contribution in [3.8, 4) is 16.9 Å². The highest BCUT2D eigenvalue weighted by molar-refractivity contribution is 6.33. The second-order valence-electron chi connectivity index (χ2n) is 9.39. The molecule has 2 aromatic carbocycles. The Morgan fingerprint density at radius 3 is 2.67 bits per heavy atom. The molecular formula is C28H29ClFN3O3. The highest BCUT2D eigenvalue weighted by Gasteiger charge is 2.36. The van der Waals surface area contributed by atoms with Gasteiger partial charge >= 0.3 is 0 Å². The van der Waals surface area contributed by atoms with Crippen molar-refractivity contribution in [2.75, 3.05) is 39.5 Å². The number of nitrogens with zero attached hydrogens (tertiary/aromatic N) is 2. The average Bonchev–Trinajstić information content (AvgIpc) is 3.47. The van der Waals surface area contributed by atoms with Crippen LogP contribution in [0.3, 0.4) is 0 Å². The molecule has 0 bridgehead atoms. The lowest BCUT2D eigenvalue weighted by Crippen LogP contribution is -2.27. The van der Waals surface area contributed by atoms with Crippen LogP contribution in [-0.4, -0.2) is 55.2 Å². The predicted octanol–water partition coefficient (Wildman–Crippen LogP) is 4.36. The quantitative estimate of drug-likeness (QED) is 0.464. The Hall–Kier alpha value is -3.00. The summed E-state index contributed by atoms with van der Waals surface area (Å²) in [6.45, 7) is 5.60. The molecule has 0 saturated carbocycles. The molecule has 2 fully saturated rings. The van der Waals surface area contributed by atoms with E-state index in [2.05, 4.69) is 15.2 Å². The summed E-state index contributed by atoms with van der Waals surface area (Å²) >= 11 is 6.54. The van der Waals surface area contributed by atoms with Gasteiger partial charge in [-0.15, -0.1) is 0 Å². The molecule has 3 heterocycles. The van der Waals surface area contributed by atoms with Crippen molar-refractivity contribution in [1.82, 2.24) is 15.2 Å². The molecule has 2 aliphatic heterocycles. The third-order valence-electron chi connectivity index (χ3n) is 6.84. The number of hydrogen-bond donors (Lipinski definition) is 1. The van der Waals surface area contributed by atoms with Crippen molar-refractivity contribution in [3.63, 3.8) is 0 Å². The number of ether oxygens (including phenoxy) is 2. The first-order chi connectivity index (χ1) is 17.5. The van der Waals surface area contributed by atoms with Crippen LogP contribution in [-0.2, 0) is 22.5 Å². The number of halogens is 2.